The Hall–Kier alpha value is -4.84. The Morgan fingerprint density at radius 1 is 1.05 bits per heavy atom. The van der Waals surface area contributed by atoms with Gasteiger partial charge >= 0.3 is 0 Å². The number of aromatic amines is 1. The molecule has 0 saturated carbocycles. The second kappa shape index (κ2) is 12.3. The lowest BCUT2D eigenvalue weighted by molar-refractivity contribution is -0.122. The molecule has 4 aromatic rings. The van der Waals surface area contributed by atoms with Crippen molar-refractivity contribution in [1.29, 1.82) is 0 Å². The molecule has 12 nitrogen and oxygen atoms in total. The number of phenolic OH excluding ortho intramolecular Hbond substituents is 1. The largest absolute Gasteiger partial charge is 0.504 e. The average molecular weight is 551 g/mol. The highest BCUT2D eigenvalue weighted by Gasteiger charge is 2.29. The molecule has 0 spiro atoms. The predicted molar refractivity (Wildman–Crippen MR) is 143 cm³/mol. The number of H-pyrrole nitrogens is 1. The fourth-order valence-electron chi connectivity index (χ4n) is 4.27. The maximum absolute atomic E-state index is 13.6. The van der Waals surface area contributed by atoms with Crippen LogP contribution in [0.1, 0.15) is 52.7 Å². The number of carbonyl (C=O) groups is 1. The minimum atomic E-state index is -0.908. The van der Waals surface area contributed by atoms with E-state index in [4.69, 9.17) is 18.6 Å². The lowest BCUT2D eigenvalue weighted by Gasteiger charge is -2.21. The van der Waals surface area contributed by atoms with E-state index in [9.17, 15) is 19.8 Å². The number of benzene rings is 2. The SMILES string of the molecule is COCc1nc([C@@H](NC(=O)C[C@H](c2ccc(O)c(OC)c2)c2oc(C)cc(=O)c2O)c2ccc(OC)cc2)n[nH]1. The van der Waals surface area contributed by atoms with Crippen molar-refractivity contribution in [3.05, 3.63) is 93.1 Å². The smallest absolute Gasteiger partial charge is 0.227 e. The van der Waals surface area contributed by atoms with Gasteiger partial charge in [-0.1, -0.05) is 18.2 Å². The molecule has 4 rings (SSSR count). The highest BCUT2D eigenvalue weighted by atomic mass is 16.5. The van der Waals surface area contributed by atoms with Gasteiger partial charge in [-0.3, -0.25) is 14.7 Å². The van der Waals surface area contributed by atoms with E-state index in [-0.39, 0.29) is 36.0 Å². The molecule has 0 unspecified atom stereocenters. The van der Waals surface area contributed by atoms with Crippen LogP contribution in [0.3, 0.4) is 0 Å². The number of nitrogens with one attached hydrogen (secondary N) is 2. The number of hydrogen-bond acceptors (Lipinski definition) is 10. The number of aromatic nitrogens is 3. The molecule has 2 aromatic carbocycles. The summed E-state index contributed by atoms with van der Waals surface area (Å²) in [5.41, 5.74) is 0.512. The molecular formula is C28H30N4O8. The molecular weight excluding hydrogens is 520 g/mol. The standard InChI is InChI=1S/C28H30N4O8/c1-15-11-21(34)26(36)27(40-15)19(17-7-10-20(33)22(12-17)39-4)13-24(35)30-25(16-5-8-18(38-3)9-6-16)28-29-23(14-37-2)31-32-28/h5-12,19,25,33,36H,13-14H2,1-4H3,(H,30,35)(H,29,31,32)/t19-,25+/m1/s1. The first-order valence-corrected chi connectivity index (χ1v) is 12.3. The van der Waals surface area contributed by atoms with E-state index in [1.54, 1.807) is 44.4 Å². The molecule has 40 heavy (non-hydrogen) atoms. The first-order chi connectivity index (χ1) is 19.2. The van der Waals surface area contributed by atoms with Crippen LogP contribution in [0.5, 0.6) is 23.0 Å². The molecule has 2 aromatic heterocycles. The Bertz CT molecular complexity index is 1530. The quantitative estimate of drug-likeness (QED) is 0.218. The van der Waals surface area contributed by atoms with Gasteiger partial charge in [0.1, 0.15) is 24.2 Å². The summed E-state index contributed by atoms with van der Waals surface area (Å²) in [5, 5.41) is 30.7. The van der Waals surface area contributed by atoms with Crippen LogP contribution in [-0.2, 0) is 16.1 Å². The van der Waals surface area contributed by atoms with E-state index < -0.39 is 29.0 Å². The van der Waals surface area contributed by atoms with Gasteiger partial charge in [0, 0.05) is 19.6 Å². The van der Waals surface area contributed by atoms with Gasteiger partial charge in [-0.15, -0.1) is 0 Å². The minimum Gasteiger partial charge on any atom is -0.504 e. The van der Waals surface area contributed by atoms with Crippen molar-refractivity contribution < 1.29 is 33.6 Å². The Balaban J connectivity index is 1.72. The van der Waals surface area contributed by atoms with Gasteiger partial charge < -0.3 is 34.2 Å². The number of methoxy groups -OCH3 is 3. The summed E-state index contributed by atoms with van der Waals surface area (Å²) >= 11 is 0. The summed E-state index contributed by atoms with van der Waals surface area (Å²) in [6.07, 6.45) is -0.240. The highest BCUT2D eigenvalue weighted by molar-refractivity contribution is 5.78. The van der Waals surface area contributed by atoms with Crippen LogP contribution < -0.4 is 20.2 Å². The molecule has 0 saturated heterocycles. The number of amides is 1. The first-order valence-electron chi connectivity index (χ1n) is 12.3. The fraction of sp³-hybridized carbons (Fsp3) is 0.286. The molecule has 4 N–H and O–H groups in total. The Morgan fingerprint density at radius 2 is 1.77 bits per heavy atom. The van der Waals surface area contributed by atoms with Gasteiger partial charge in [-0.25, -0.2) is 4.98 Å². The van der Waals surface area contributed by atoms with E-state index in [1.807, 2.05) is 0 Å². The van der Waals surface area contributed by atoms with Crippen LogP contribution in [0.15, 0.2) is 57.7 Å². The minimum absolute atomic E-state index is 0.0887. The molecule has 210 valence electrons. The van der Waals surface area contributed by atoms with Gasteiger partial charge in [-0.05, 0) is 42.3 Å². The number of aromatic hydroxyl groups is 2. The Morgan fingerprint density at radius 3 is 2.45 bits per heavy atom. The zero-order valence-electron chi connectivity index (χ0n) is 22.4. The highest BCUT2D eigenvalue weighted by Crippen LogP contribution is 2.37. The normalized spacial score (nSPS) is 12.5. The molecule has 0 aliphatic rings. The molecule has 0 aliphatic carbocycles. The molecule has 12 heteroatoms. The molecule has 0 bridgehead atoms. The molecule has 1 amide bonds. The first kappa shape index (κ1) is 28.2. The molecule has 0 radical (unpaired) electrons. The van der Waals surface area contributed by atoms with Crippen molar-refractivity contribution in [3.63, 3.8) is 0 Å². The molecule has 2 heterocycles. The van der Waals surface area contributed by atoms with Gasteiger partial charge in [0.2, 0.25) is 17.1 Å². The summed E-state index contributed by atoms with van der Waals surface area (Å²) in [5.74, 6) is -0.347. The Labute approximate surface area is 229 Å². The van der Waals surface area contributed by atoms with Crippen molar-refractivity contribution in [2.75, 3.05) is 21.3 Å². The number of carbonyl (C=O) groups excluding carboxylic acids is 1. The van der Waals surface area contributed by atoms with E-state index in [0.29, 0.717) is 28.5 Å². The number of phenols is 1. The third-order valence-corrected chi connectivity index (χ3v) is 6.23. The molecule has 0 fully saturated rings. The zero-order chi connectivity index (χ0) is 28.8. The second-order valence-electron chi connectivity index (χ2n) is 8.97. The van der Waals surface area contributed by atoms with E-state index in [2.05, 4.69) is 20.5 Å². The third kappa shape index (κ3) is 6.24. The number of nitrogens with zero attached hydrogens (tertiary/aromatic N) is 2. The van der Waals surface area contributed by atoms with Crippen LogP contribution in [0.2, 0.25) is 0 Å². The maximum Gasteiger partial charge on any atom is 0.227 e. The number of hydrogen-bond donors (Lipinski definition) is 4. The number of rotatable bonds is 11. The lowest BCUT2D eigenvalue weighted by Crippen LogP contribution is -2.31. The lowest BCUT2D eigenvalue weighted by atomic mass is 9.91. The maximum atomic E-state index is 13.6. The summed E-state index contributed by atoms with van der Waals surface area (Å²) in [4.78, 5) is 30.5. The van der Waals surface area contributed by atoms with Crippen molar-refractivity contribution in [2.45, 2.75) is 31.9 Å². The summed E-state index contributed by atoms with van der Waals surface area (Å²) in [6.45, 7) is 1.77. The number of ether oxygens (including phenoxy) is 3. The van der Waals surface area contributed by atoms with Crippen molar-refractivity contribution in [3.8, 4) is 23.0 Å². The topological polar surface area (TPSA) is 169 Å². The fourth-order valence-corrected chi connectivity index (χ4v) is 4.27. The van der Waals surface area contributed by atoms with E-state index in [1.165, 1.54) is 26.4 Å². The van der Waals surface area contributed by atoms with Gasteiger partial charge in [-0.2, -0.15) is 5.10 Å². The van der Waals surface area contributed by atoms with Crippen LogP contribution in [0, 0.1) is 6.92 Å². The number of aryl methyl sites for hydroxylation is 1. The van der Waals surface area contributed by atoms with Crippen molar-refractivity contribution in [1.82, 2.24) is 20.5 Å². The predicted octanol–water partition coefficient (Wildman–Crippen LogP) is 3.07. The van der Waals surface area contributed by atoms with Crippen LogP contribution >= 0.6 is 0 Å². The monoisotopic (exact) mass is 550 g/mol. The van der Waals surface area contributed by atoms with Crippen LogP contribution in [0.4, 0.5) is 0 Å². The summed E-state index contributed by atoms with van der Waals surface area (Å²) in [6, 6.07) is 11.9. The van der Waals surface area contributed by atoms with E-state index in [0.717, 1.165) is 6.07 Å². The average Bonchev–Trinajstić information content (AvgIpc) is 3.41. The van der Waals surface area contributed by atoms with Gasteiger partial charge in [0.05, 0.1) is 20.1 Å². The summed E-state index contributed by atoms with van der Waals surface area (Å²) < 4.78 is 21.4. The van der Waals surface area contributed by atoms with Crippen molar-refractivity contribution in [2.24, 2.45) is 0 Å². The van der Waals surface area contributed by atoms with Gasteiger partial charge in [0.25, 0.3) is 0 Å². The van der Waals surface area contributed by atoms with Crippen LogP contribution in [-0.4, -0.2) is 52.6 Å². The van der Waals surface area contributed by atoms with E-state index >= 15 is 0 Å². The van der Waals surface area contributed by atoms with Crippen molar-refractivity contribution >= 4 is 5.91 Å². The molecule has 2 atom stereocenters. The zero-order valence-corrected chi connectivity index (χ0v) is 22.4. The summed E-state index contributed by atoms with van der Waals surface area (Å²) in [7, 11) is 4.47. The van der Waals surface area contributed by atoms with Crippen LogP contribution in [0.25, 0.3) is 0 Å². The second-order valence-corrected chi connectivity index (χ2v) is 8.97. The molecule has 0 aliphatic heterocycles. The Kier molecular flexibility index (Phi) is 8.70. The van der Waals surface area contributed by atoms with Gasteiger partial charge in [0.15, 0.2) is 28.9 Å². The third-order valence-electron chi connectivity index (χ3n) is 6.23.